The number of carbonyl (C=O) groups is 2. The molecular weight excluding hydrogens is 408 g/mol. The minimum atomic E-state index is 0. The van der Waals surface area contributed by atoms with Crippen molar-refractivity contribution in [1.82, 2.24) is 9.80 Å². The first-order chi connectivity index (χ1) is 14.7. The van der Waals surface area contributed by atoms with Gasteiger partial charge in [-0.1, -0.05) is 74.2 Å². The molecule has 1 heterocycles. The fraction of sp³-hybridized carbons (Fsp3) is 0.462. The van der Waals surface area contributed by atoms with Gasteiger partial charge in [-0.15, -0.1) is 12.4 Å². The first-order valence-electron chi connectivity index (χ1n) is 11.4. The number of hydrogen-bond donors (Lipinski definition) is 0. The standard InChI is InChI=1S/C26H32N2O2.ClH/c29-25(28-17-15-27(16-18-28)24-13-6-1-2-7-14-24)20-21-9-8-12-23(19-21)26(30)22-10-4-3-5-11-22;/h3-5,8-12,19,24H,1-2,6-7,13-18,20H2;1H. The topological polar surface area (TPSA) is 40.6 Å². The van der Waals surface area contributed by atoms with Crippen LogP contribution >= 0.6 is 12.4 Å². The molecule has 2 aromatic rings. The zero-order valence-corrected chi connectivity index (χ0v) is 19.0. The first-order valence-corrected chi connectivity index (χ1v) is 11.4. The van der Waals surface area contributed by atoms with E-state index in [1.54, 1.807) is 0 Å². The molecule has 0 unspecified atom stereocenters. The molecule has 4 nitrogen and oxygen atoms in total. The molecule has 5 heteroatoms. The molecule has 2 aliphatic rings. The van der Waals surface area contributed by atoms with Gasteiger partial charge < -0.3 is 4.90 Å². The lowest BCUT2D eigenvalue weighted by Gasteiger charge is -2.39. The summed E-state index contributed by atoms with van der Waals surface area (Å²) in [6.07, 6.45) is 8.44. The summed E-state index contributed by atoms with van der Waals surface area (Å²) in [6.45, 7) is 3.61. The number of rotatable bonds is 5. The molecule has 0 atom stereocenters. The largest absolute Gasteiger partial charge is 0.340 e. The maximum absolute atomic E-state index is 12.9. The van der Waals surface area contributed by atoms with Crippen molar-refractivity contribution in [2.24, 2.45) is 0 Å². The Bertz CT molecular complexity index is 855. The quantitative estimate of drug-likeness (QED) is 0.497. The number of piperazine rings is 1. The third-order valence-corrected chi connectivity index (χ3v) is 6.59. The summed E-state index contributed by atoms with van der Waals surface area (Å²) in [5.74, 6) is 0.168. The molecule has 1 aliphatic carbocycles. The lowest BCUT2D eigenvalue weighted by atomic mass is 10.00. The normalized spacial score (nSPS) is 18.1. The van der Waals surface area contributed by atoms with Gasteiger partial charge in [0.15, 0.2) is 5.78 Å². The Morgan fingerprint density at radius 1 is 0.774 bits per heavy atom. The molecule has 166 valence electrons. The smallest absolute Gasteiger partial charge is 0.227 e. The molecular formula is C26H33ClN2O2. The Labute approximate surface area is 192 Å². The molecule has 0 spiro atoms. The van der Waals surface area contributed by atoms with Crippen molar-refractivity contribution in [3.05, 3.63) is 71.3 Å². The van der Waals surface area contributed by atoms with E-state index < -0.39 is 0 Å². The van der Waals surface area contributed by atoms with Crippen LogP contribution in [0.4, 0.5) is 0 Å². The third kappa shape index (κ3) is 6.18. The van der Waals surface area contributed by atoms with E-state index in [0.717, 1.165) is 31.7 Å². The second kappa shape index (κ2) is 11.4. The summed E-state index contributed by atoms with van der Waals surface area (Å²) in [5.41, 5.74) is 2.23. The maximum atomic E-state index is 12.9. The molecule has 4 rings (SSSR count). The van der Waals surface area contributed by atoms with E-state index in [9.17, 15) is 9.59 Å². The summed E-state index contributed by atoms with van der Waals surface area (Å²) in [5, 5.41) is 0. The summed E-state index contributed by atoms with van der Waals surface area (Å²) in [4.78, 5) is 30.2. The number of ketones is 1. The minimum absolute atomic E-state index is 0. The Morgan fingerprint density at radius 3 is 2.10 bits per heavy atom. The SMILES string of the molecule is Cl.O=C(c1ccccc1)c1cccc(CC(=O)N2CCN(C3CCCCCC3)CC2)c1. The van der Waals surface area contributed by atoms with Gasteiger partial charge in [0, 0.05) is 43.3 Å². The average molecular weight is 441 g/mol. The predicted octanol–water partition coefficient (Wildman–Crippen LogP) is 4.75. The van der Waals surface area contributed by atoms with Gasteiger partial charge in [0.1, 0.15) is 0 Å². The molecule has 0 bridgehead atoms. The second-order valence-corrected chi connectivity index (χ2v) is 8.63. The second-order valence-electron chi connectivity index (χ2n) is 8.63. The highest BCUT2D eigenvalue weighted by Crippen LogP contribution is 2.23. The predicted molar refractivity (Wildman–Crippen MR) is 127 cm³/mol. The molecule has 2 fully saturated rings. The summed E-state index contributed by atoms with van der Waals surface area (Å²) in [6, 6.07) is 17.5. The molecule has 0 aromatic heterocycles. The fourth-order valence-electron chi connectivity index (χ4n) is 4.82. The van der Waals surface area contributed by atoms with E-state index >= 15 is 0 Å². The van der Waals surface area contributed by atoms with Crippen molar-refractivity contribution in [3.8, 4) is 0 Å². The van der Waals surface area contributed by atoms with Crippen LogP contribution in [-0.4, -0.2) is 53.7 Å². The van der Waals surface area contributed by atoms with Crippen LogP contribution in [0.1, 0.15) is 60.0 Å². The van der Waals surface area contributed by atoms with Gasteiger partial charge >= 0.3 is 0 Å². The van der Waals surface area contributed by atoms with Crippen molar-refractivity contribution in [2.45, 2.75) is 51.0 Å². The average Bonchev–Trinajstić information content (AvgIpc) is 3.09. The van der Waals surface area contributed by atoms with E-state index in [1.165, 1.54) is 38.5 Å². The van der Waals surface area contributed by atoms with Crippen molar-refractivity contribution in [3.63, 3.8) is 0 Å². The zero-order valence-electron chi connectivity index (χ0n) is 18.2. The van der Waals surface area contributed by atoms with Crippen molar-refractivity contribution in [2.75, 3.05) is 26.2 Å². The van der Waals surface area contributed by atoms with Gasteiger partial charge in [0.05, 0.1) is 6.42 Å². The Kier molecular flexibility index (Phi) is 8.68. The van der Waals surface area contributed by atoms with Crippen LogP contribution in [0.2, 0.25) is 0 Å². The van der Waals surface area contributed by atoms with Gasteiger partial charge in [0.2, 0.25) is 5.91 Å². The van der Waals surface area contributed by atoms with E-state index in [-0.39, 0.29) is 24.1 Å². The number of hydrogen-bond acceptors (Lipinski definition) is 3. The van der Waals surface area contributed by atoms with Crippen LogP contribution in [-0.2, 0) is 11.2 Å². The van der Waals surface area contributed by atoms with Crippen molar-refractivity contribution >= 4 is 24.1 Å². The van der Waals surface area contributed by atoms with Gasteiger partial charge in [0.25, 0.3) is 0 Å². The van der Waals surface area contributed by atoms with E-state index in [4.69, 9.17) is 0 Å². The summed E-state index contributed by atoms with van der Waals surface area (Å²) < 4.78 is 0. The molecule has 1 amide bonds. The van der Waals surface area contributed by atoms with E-state index in [0.29, 0.717) is 23.6 Å². The molecule has 1 saturated carbocycles. The molecule has 1 aliphatic heterocycles. The molecule has 2 aromatic carbocycles. The monoisotopic (exact) mass is 440 g/mol. The number of benzene rings is 2. The maximum Gasteiger partial charge on any atom is 0.227 e. The number of carbonyl (C=O) groups excluding carboxylic acids is 2. The van der Waals surface area contributed by atoms with Gasteiger partial charge in [-0.25, -0.2) is 0 Å². The molecule has 31 heavy (non-hydrogen) atoms. The molecule has 0 N–H and O–H groups in total. The Balaban J connectivity index is 0.00000272. The lowest BCUT2D eigenvalue weighted by molar-refractivity contribution is -0.132. The van der Waals surface area contributed by atoms with Crippen molar-refractivity contribution in [1.29, 1.82) is 0 Å². The van der Waals surface area contributed by atoms with Crippen LogP contribution in [0.3, 0.4) is 0 Å². The van der Waals surface area contributed by atoms with Crippen LogP contribution in [0.25, 0.3) is 0 Å². The summed E-state index contributed by atoms with van der Waals surface area (Å²) >= 11 is 0. The van der Waals surface area contributed by atoms with Crippen LogP contribution in [0, 0.1) is 0 Å². The lowest BCUT2D eigenvalue weighted by Crippen LogP contribution is -2.52. The van der Waals surface area contributed by atoms with Gasteiger partial charge in [-0.05, 0) is 24.5 Å². The van der Waals surface area contributed by atoms with Crippen LogP contribution < -0.4 is 0 Å². The summed E-state index contributed by atoms with van der Waals surface area (Å²) in [7, 11) is 0. The van der Waals surface area contributed by atoms with E-state index in [2.05, 4.69) is 4.90 Å². The van der Waals surface area contributed by atoms with Crippen molar-refractivity contribution < 1.29 is 9.59 Å². The third-order valence-electron chi connectivity index (χ3n) is 6.59. The molecule has 1 saturated heterocycles. The minimum Gasteiger partial charge on any atom is -0.340 e. The highest BCUT2D eigenvalue weighted by atomic mass is 35.5. The highest BCUT2D eigenvalue weighted by Gasteiger charge is 2.26. The van der Waals surface area contributed by atoms with Crippen LogP contribution in [0.5, 0.6) is 0 Å². The number of halogens is 1. The Hall–Kier alpha value is -2.17. The number of nitrogens with zero attached hydrogens (tertiary/aromatic N) is 2. The molecule has 0 radical (unpaired) electrons. The number of amides is 1. The van der Waals surface area contributed by atoms with Crippen LogP contribution in [0.15, 0.2) is 54.6 Å². The first kappa shape index (κ1) is 23.5. The Morgan fingerprint density at radius 2 is 1.42 bits per heavy atom. The van der Waals surface area contributed by atoms with Gasteiger partial charge in [-0.3, -0.25) is 14.5 Å². The zero-order chi connectivity index (χ0) is 20.8. The van der Waals surface area contributed by atoms with E-state index in [1.807, 2.05) is 59.5 Å². The fourth-order valence-corrected chi connectivity index (χ4v) is 4.82. The highest BCUT2D eigenvalue weighted by molar-refractivity contribution is 6.09. The van der Waals surface area contributed by atoms with Gasteiger partial charge in [-0.2, -0.15) is 0 Å².